The molecular weight excluding hydrogens is 262 g/mol. The molecule has 0 spiro atoms. The largest absolute Gasteiger partial charge is 0.334 e. The second kappa shape index (κ2) is 5.31. The quantitative estimate of drug-likeness (QED) is 0.916. The lowest BCUT2D eigenvalue weighted by atomic mass is 9.98. The minimum atomic E-state index is 0.402. The Morgan fingerprint density at radius 1 is 1.32 bits per heavy atom. The zero-order valence-electron chi connectivity index (χ0n) is 10.8. The van der Waals surface area contributed by atoms with Crippen molar-refractivity contribution >= 4 is 11.6 Å². The zero-order valence-corrected chi connectivity index (χ0v) is 11.6. The van der Waals surface area contributed by atoms with Crippen LogP contribution in [0.1, 0.15) is 30.1 Å². The first-order chi connectivity index (χ1) is 9.24. The van der Waals surface area contributed by atoms with E-state index in [-0.39, 0.29) is 0 Å². The predicted molar refractivity (Wildman–Crippen MR) is 74.3 cm³/mol. The summed E-state index contributed by atoms with van der Waals surface area (Å²) in [6, 6.07) is 5.80. The molecule has 5 heteroatoms. The third-order valence-corrected chi connectivity index (χ3v) is 3.97. The number of aryl methyl sites for hydroxylation is 1. The van der Waals surface area contributed by atoms with Crippen molar-refractivity contribution in [3.05, 3.63) is 34.6 Å². The molecule has 100 valence electrons. The molecule has 19 heavy (non-hydrogen) atoms. The highest BCUT2D eigenvalue weighted by molar-refractivity contribution is 6.31. The Hall–Kier alpha value is -1.39. The van der Waals surface area contributed by atoms with Crippen LogP contribution >= 0.6 is 11.6 Å². The highest BCUT2D eigenvalue weighted by atomic mass is 35.5. The normalized spacial score (nSPS) is 16.7. The van der Waals surface area contributed by atoms with E-state index in [1.54, 1.807) is 0 Å². The summed E-state index contributed by atoms with van der Waals surface area (Å²) in [5.41, 5.74) is 1.92. The number of rotatable bonds is 2. The molecule has 0 unspecified atom stereocenters. The fourth-order valence-corrected chi connectivity index (χ4v) is 2.50. The van der Waals surface area contributed by atoms with E-state index in [9.17, 15) is 0 Å². The number of aromatic nitrogens is 2. The summed E-state index contributed by atoms with van der Waals surface area (Å²) in [4.78, 5) is 4.51. The van der Waals surface area contributed by atoms with Crippen LogP contribution in [0.3, 0.4) is 0 Å². The predicted octanol–water partition coefficient (Wildman–Crippen LogP) is 3.17. The Kier molecular flexibility index (Phi) is 3.53. The minimum absolute atomic E-state index is 0.402. The highest BCUT2D eigenvalue weighted by Gasteiger charge is 2.21. The van der Waals surface area contributed by atoms with Crippen molar-refractivity contribution < 1.29 is 4.52 Å². The molecule has 0 saturated carbocycles. The molecule has 2 heterocycles. The van der Waals surface area contributed by atoms with Crippen molar-refractivity contribution in [2.45, 2.75) is 25.7 Å². The van der Waals surface area contributed by atoms with E-state index in [0.29, 0.717) is 11.8 Å². The number of nitrogens with zero attached hydrogens (tertiary/aromatic N) is 2. The smallest absolute Gasteiger partial charge is 0.257 e. The topological polar surface area (TPSA) is 51.0 Å². The Labute approximate surface area is 117 Å². The third-order valence-electron chi connectivity index (χ3n) is 3.56. The van der Waals surface area contributed by atoms with E-state index < -0.39 is 0 Å². The number of hydrogen-bond donors (Lipinski definition) is 1. The molecule has 0 radical (unpaired) electrons. The molecule has 1 saturated heterocycles. The number of piperidine rings is 1. The van der Waals surface area contributed by atoms with Crippen LogP contribution in [-0.2, 0) is 0 Å². The maximum atomic E-state index is 6.12. The molecule has 1 aliphatic heterocycles. The van der Waals surface area contributed by atoms with Gasteiger partial charge in [0.1, 0.15) is 0 Å². The van der Waals surface area contributed by atoms with Crippen molar-refractivity contribution in [2.24, 2.45) is 0 Å². The van der Waals surface area contributed by atoms with Gasteiger partial charge in [-0.25, -0.2) is 0 Å². The molecule has 1 aliphatic rings. The van der Waals surface area contributed by atoms with Crippen LogP contribution < -0.4 is 5.32 Å². The molecule has 1 N–H and O–H groups in total. The van der Waals surface area contributed by atoms with E-state index in [1.165, 1.54) is 0 Å². The van der Waals surface area contributed by atoms with Gasteiger partial charge in [-0.05, 0) is 50.6 Å². The van der Waals surface area contributed by atoms with Gasteiger partial charge in [-0.3, -0.25) is 0 Å². The minimum Gasteiger partial charge on any atom is -0.334 e. The molecule has 0 aliphatic carbocycles. The lowest BCUT2D eigenvalue weighted by Crippen LogP contribution is -2.27. The van der Waals surface area contributed by atoms with Crippen LogP contribution in [-0.4, -0.2) is 23.2 Å². The van der Waals surface area contributed by atoms with Crippen LogP contribution in [0.2, 0.25) is 5.02 Å². The summed E-state index contributed by atoms with van der Waals surface area (Å²) in [6.07, 6.45) is 2.13. The average Bonchev–Trinajstić information content (AvgIpc) is 2.93. The van der Waals surface area contributed by atoms with Crippen molar-refractivity contribution in [3.8, 4) is 11.5 Å². The van der Waals surface area contributed by atoms with E-state index in [0.717, 1.165) is 47.9 Å². The second-order valence-electron chi connectivity index (χ2n) is 4.95. The van der Waals surface area contributed by atoms with Gasteiger partial charge in [0.2, 0.25) is 0 Å². The Morgan fingerprint density at radius 3 is 2.84 bits per heavy atom. The van der Waals surface area contributed by atoms with Crippen LogP contribution in [0.25, 0.3) is 11.5 Å². The van der Waals surface area contributed by atoms with Gasteiger partial charge in [0.15, 0.2) is 5.82 Å². The van der Waals surface area contributed by atoms with Gasteiger partial charge in [-0.15, -0.1) is 0 Å². The number of hydrogen-bond acceptors (Lipinski definition) is 4. The van der Waals surface area contributed by atoms with Gasteiger partial charge in [0.25, 0.3) is 5.89 Å². The number of halogens is 1. The first-order valence-electron chi connectivity index (χ1n) is 6.55. The summed E-state index contributed by atoms with van der Waals surface area (Å²) in [7, 11) is 0. The van der Waals surface area contributed by atoms with Crippen molar-refractivity contribution in [2.75, 3.05) is 13.1 Å². The zero-order chi connectivity index (χ0) is 13.2. The summed E-state index contributed by atoms with van der Waals surface area (Å²) in [6.45, 7) is 4.01. The third kappa shape index (κ3) is 2.65. The summed E-state index contributed by atoms with van der Waals surface area (Å²) >= 11 is 6.12. The fourth-order valence-electron chi connectivity index (χ4n) is 2.32. The second-order valence-corrected chi connectivity index (χ2v) is 5.35. The Morgan fingerprint density at radius 2 is 2.11 bits per heavy atom. The standard InChI is InChI=1S/C14H16ClN3O/c1-9-2-3-11(8-12(9)15)14-17-13(18-19-14)10-4-6-16-7-5-10/h2-3,8,10,16H,4-7H2,1H3. The molecule has 3 rings (SSSR count). The number of benzene rings is 1. The van der Waals surface area contributed by atoms with E-state index in [2.05, 4.69) is 15.5 Å². The molecule has 1 aromatic heterocycles. The molecule has 1 fully saturated rings. The highest BCUT2D eigenvalue weighted by Crippen LogP contribution is 2.27. The summed E-state index contributed by atoms with van der Waals surface area (Å²) in [5, 5.41) is 8.17. The van der Waals surface area contributed by atoms with Crippen molar-refractivity contribution in [3.63, 3.8) is 0 Å². The van der Waals surface area contributed by atoms with Gasteiger partial charge >= 0.3 is 0 Å². The molecule has 4 nitrogen and oxygen atoms in total. The Bertz CT molecular complexity index is 576. The molecule has 0 amide bonds. The lowest BCUT2D eigenvalue weighted by molar-refractivity contribution is 0.392. The van der Waals surface area contributed by atoms with E-state index in [4.69, 9.17) is 16.1 Å². The summed E-state index contributed by atoms with van der Waals surface area (Å²) < 4.78 is 5.36. The van der Waals surface area contributed by atoms with E-state index >= 15 is 0 Å². The van der Waals surface area contributed by atoms with Crippen LogP contribution in [0.15, 0.2) is 22.7 Å². The number of nitrogens with one attached hydrogen (secondary N) is 1. The molecule has 0 bridgehead atoms. The molecule has 1 aromatic carbocycles. The van der Waals surface area contributed by atoms with Crippen molar-refractivity contribution in [1.29, 1.82) is 0 Å². The van der Waals surface area contributed by atoms with Gasteiger partial charge in [0.05, 0.1) is 0 Å². The van der Waals surface area contributed by atoms with Gasteiger partial charge in [-0.1, -0.05) is 22.8 Å². The monoisotopic (exact) mass is 277 g/mol. The Balaban J connectivity index is 1.85. The fraction of sp³-hybridized carbons (Fsp3) is 0.429. The maximum absolute atomic E-state index is 6.12. The van der Waals surface area contributed by atoms with Crippen LogP contribution in [0, 0.1) is 6.92 Å². The molecule has 0 atom stereocenters. The van der Waals surface area contributed by atoms with Gasteiger partial charge in [0, 0.05) is 16.5 Å². The van der Waals surface area contributed by atoms with Crippen LogP contribution in [0.5, 0.6) is 0 Å². The van der Waals surface area contributed by atoms with Gasteiger partial charge < -0.3 is 9.84 Å². The SMILES string of the molecule is Cc1ccc(-c2nc(C3CCNCC3)no2)cc1Cl. The van der Waals surface area contributed by atoms with Crippen LogP contribution in [0.4, 0.5) is 0 Å². The van der Waals surface area contributed by atoms with Gasteiger partial charge in [-0.2, -0.15) is 4.98 Å². The average molecular weight is 278 g/mol. The molecular formula is C14H16ClN3O. The lowest BCUT2D eigenvalue weighted by Gasteiger charge is -2.18. The van der Waals surface area contributed by atoms with E-state index in [1.807, 2.05) is 25.1 Å². The maximum Gasteiger partial charge on any atom is 0.257 e. The van der Waals surface area contributed by atoms with Crippen molar-refractivity contribution in [1.82, 2.24) is 15.5 Å². The molecule has 2 aromatic rings. The first-order valence-corrected chi connectivity index (χ1v) is 6.92. The summed E-state index contributed by atoms with van der Waals surface area (Å²) in [5.74, 6) is 1.77. The first kappa shape index (κ1) is 12.6.